The minimum atomic E-state index is -0.370. The van der Waals surface area contributed by atoms with Crippen molar-refractivity contribution in [2.24, 2.45) is 0 Å². The summed E-state index contributed by atoms with van der Waals surface area (Å²) < 4.78 is 18.6. The van der Waals surface area contributed by atoms with Crippen LogP contribution in [0.4, 0.5) is 4.39 Å². The molecule has 3 nitrogen and oxygen atoms in total. The third kappa shape index (κ3) is 4.65. The standard InChI is InChI=1S/C12H16FNO2S/c1-2-16-11-4-3-9(7-10(11)13)5-6-14-12(15)8-17/h3-4,7,17H,2,5-6,8H2,1H3,(H,14,15). The zero-order chi connectivity index (χ0) is 12.7. The number of benzene rings is 1. The number of hydrogen-bond acceptors (Lipinski definition) is 3. The van der Waals surface area contributed by atoms with E-state index in [1.807, 2.05) is 0 Å². The Labute approximate surface area is 106 Å². The molecule has 0 aliphatic rings. The highest BCUT2D eigenvalue weighted by Crippen LogP contribution is 2.18. The molecule has 0 aromatic heterocycles. The van der Waals surface area contributed by atoms with Crippen molar-refractivity contribution in [3.8, 4) is 5.75 Å². The zero-order valence-electron chi connectivity index (χ0n) is 9.70. The van der Waals surface area contributed by atoms with E-state index in [1.165, 1.54) is 6.07 Å². The maximum Gasteiger partial charge on any atom is 0.229 e. The molecule has 0 atom stereocenters. The number of nitrogens with one attached hydrogen (secondary N) is 1. The van der Waals surface area contributed by atoms with Gasteiger partial charge in [0.2, 0.25) is 5.91 Å². The number of carbonyl (C=O) groups excluding carboxylic acids is 1. The summed E-state index contributed by atoms with van der Waals surface area (Å²) in [5, 5.41) is 2.67. The normalized spacial score (nSPS) is 10.1. The Morgan fingerprint density at radius 2 is 2.29 bits per heavy atom. The van der Waals surface area contributed by atoms with Crippen LogP contribution in [0, 0.1) is 5.82 Å². The summed E-state index contributed by atoms with van der Waals surface area (Å²) in [4.78, 5) is 10.9. The van der Waals surface area contributed by atoms with Gasteiger partial charge in [0.1, 0.15) is 0 Å². The molecule has 0 aliphatic heterocycles. The third-order valence-electron chi connectivity index (χ3n) is 2.18. The molecule has 1 aromatic rings. The van der Waals surface area contributed by atoms with Gasteiger partial charge < -0.3 is 10.1 Å². The van der Waals surface area contributed by atoms with Crippen LogP contribution in [0.15, 0.2) is 18.2 Å². The van der Waals surface area contributed by atoms with Gasteiger partial charge in [0.05, 0.1) is 12.4 Å². The summed E-state index contributed by atoms with van der Waals surface area (Å²) in [5.41, 5.74) is 0.824. The molecule has 1 rings (SSSR count). The van der Waals surface area contributed by atoms with E-state index in [0.717, 1.165) is 5.56 Å². The molecule has 0 heterocycles. The second-order valence-electron chi connectivity index (χ2n) is 3.46. The molecule has 1 aromatic carbocycles. The van der Waals surface area contributed by atoms with Gasteiger partial charge in [-0.1, -0.05) is 6.07 Å². The molecular formula is C12H16FNO2S. The lowest BCUT2D eigenvalue weighted by atomic mass is 10.1. The summed E-state index contributed by atoms with van der Waals surface area (Å²) >= 11 is 3.84. The van der Waals surface area contributed by atoms with Crippen LogP contribution in [-0.2, 0) is 11.2 Å². The van der Waals surface area contributed by atoms with E-state index in [-0.39, 0.29) is 23.2 Å². The second-order valence-corrected chi connectivity index (χ2v) is 3.77. The van der Waals surface area contributed by atoms with Crippen molar-refractivity contribution in [2.75, 3.05) is 18.9 Å². The molecule has 0 radical (unpaired) electrons. The van der Waals surface area contributed by atoms with Crippen LogP contribution in [0.5, 0.6) is 5.75 Å². The number of hydrogen-bond donors (Lipinski definition) is 2. The Balaban J connectivity index is 2.50. The summed E-state index contributed by atoms with van der Waals surface area (Å²) in [6, 6.07) is 4.83. The van der Waals surface area contributed by atoms with Crippen molar-refractivity contribution < 1.29 is 13.9 Å². The maximum absolute atomic E-state index is 13.5. The minimum absolute atomic E-state index is 0.125. The Morgan fingerprint density at radius 3 is 2.88 bits per heavy atom. The van der Waals surface area contributed by atoms with Crippen LogP contribution >= 0.6 is 12.6 Å². The highest BCUT2D eigenvalue weighted by molar-refractivity contribution is 7.81. The highest BCUT2D eigenvalue weighted by Gasteiger charge is 2.04. The first-order chi connectivity index (χ1) is 8.17. The first-order valence-electron chi connectivity index (χ1n) is 5.46. The van der Waals surface area contributed by atoms with Gasteiger partial charge in [0.25, 0.3) is 0 Å². The molecular weight excluding hydrogens is 241 g/mol. The summed E-state index contributed by atoms with van der Waals surface area (Å²) in [6.07, 6.45) is 0.586. The third-order valence-corrected chi connectivity index (χ3v) is 2.46. The van der Waals surface area contributed by atoms with Gasteiger partial charge in [-0.25, -0.2) is 4.39 Å². The Hall–Kier alpha value is -1.23. The van der Waals surface area contributed by atoms with E-state index in [4.69, 9.17) is 4.74 Å². The largest absolute Gasteiger partial charge is 0.491 e. The average Bonchev–Trinajstić information content (AvgIpc) is 2.32. The van der Waals surface area contributed by atoms with Crippen molar-refractivity contribution in [3.63, 3.8) is 0 Å². The minimum Gasteiger partial charge on any atom is -0.491 e. The molecule has 94 valence electrons. The Kier molecular flexibility index (Phi) is 5.83. The fraction of sp³-hybridized carbons (Fsp3) is 0.417. The van der Waals surface area contributed by atoms with Crippen LogP contribution in [0.2, 0.25) is 0 Å². The molecule has 0 unspecified atom stereocenters. The van der Waals surface area contributed by atoms with E-state index < -0.39 is 0 Å². The molecule has 0 fully saturated rings. The first-order valence-corrected chi connectivity index (χ1v) is 6.09. The molecule has 0 bridgehead atoms. The van der Waals surface area contributed by atoms with Gasteiger partial charge in [-0.05, 0) is 31.0 Å². The van der Waals surface area contributed by atoms with Gasteiger partial charge in [-0.3, -0.25) is 4.79 Å². The first kappa shape index (κ1) is 13.8. The lowest BCUT2D eigenvalue weighted by Crippen LogP contribution is -2.26. The van der Waals surface area contributed by atoms with Crippen LogP contribution in [0.3, 0.4) is 0 Å². The van der Waals surface area contributed by atoms with E-state index in [2.05, 4.69) is 17.9 Å². The molecule has 5 heteroatoms. The molecule has 1 amide bonds. The van der Waals surface area contributed by atoms with Gasteiger partial charge in [0.15, 0.2) is 11.6 Å². The van der Waals surface area contributed by atoms with Crippen LogP contribution in [0.1, 0.15) is 12.5 Å². The second kappa shape index (κ2) is 7.17. The number of ether oxygens (including phenoxy) is 1. The van der Waals surface area contributed by atoms with Gasteiger partial charge in [0, 0.05) is 6.54 Å². The van der Waals surface area contributed by atoms with E-state index >= 15 is 0 Å². The predicted molar refractivity (Wildman–Crippen MR) is 68.1 cm³/mol. The topological polar surface area (TPSA) is 38.3 Å². The molecule has 0 spiro atoms. The fourth-order valence-corrected chi connectivity index (χ4v) is 1.49. The van der Waals surface area contributed by atoms with Gasteiger partial charge in [-0.15, -0.1) is 0 Å². The van der Waals surface area contributed by atoms with Crippen LogP contribution in [-0.4, -0.2) is 24.8 Å². The molecule has 0 aliphatic carbocycles. The molecule has 0 saturated heterocycles. The smallest absolute Gasteiger partial charge is 0.229 e. The molecule has 1 N–H and O–H groups in total. The number of carbonyl (C=O) groups is 1. The monoisotopic (exact) mass is 257 g/mol. The number of amides is 1. The predicted octanol–water partition coefficient (Wildman–Crippen LogP) is 1.81. The van der Waals surface area contributed by atoms with E-state index in [9.17, 15) is 9.18 Å². The zero-order valence-corrected chi connectivity index (χ0v) is 10.6. The van der Waals surface area contributed by atoms with Crippen LogP contribution in [0.25, 0.3) is 0 Å². The lowest BCUT2D eigenvalue weighted by molar-refractivity contribution is -0.118. The molecule has 0 saturated carbocycles. The Morgan fingerprint density at radius 1 is 1.53 bits per heavy atom. The van der Waals surface area contributed by atoms with Crippen LogP contribution < -0.4 is 10.1 Å². The number of thiol groups is 1. The lowest BCUT2D eigenvalue weighted by Gasteiger charge is -2.07. The van der Waals surface area contributed by atoms with Gasteiger partial charge in [-0.2, -0.15) is 12.6 Å². The number of rotatable bonds is 6. The highest BCUT2D eigenvalue weighted by atomic mass is 32.1. The van der Waals surface area contributed by atoms with Crippen molar-refractivity contribution in [2.45, 2.75) is 13.3 Å². The summed E-state index contributed by atoms with van der Waals surface area (Å²) in [7, 11) is 0. The summed E-state index contributed by atoms with van der Waals surface area (Å²) in [6.45, 7) is 2.72. The van der Waals surface area contributed by atoms with Crippen molar-refractivity contribution >= 4 is 18.5 Å². The summed E-state index contributed by atoms with van der Waals surface area (Å²) in [5.74, 6) is -0.0715. The van der Waals surface area contributed by atoms with Gasteiger partial charge >= 0.3 is 0 Å². The fourth-order valence-electron chi connectivity index (χ4n) is 1.37. The maximum atomic E-state index is 13.5. The van der Waals surface area contributed by atoms with E-state index in [0.29, 0.717) is 19.6 Å². The number of halogens is 1. The Bertz CT molecular complexity index is 385. The quantitative estimate of drug-likeness (QED) is 0.763. The average molecular weight is 257 g/mol. The molecule has 17 heavy (non-hydrogen) atoms. The van der Waals surface area contributed by atoms with Crippen molar-refractivity contribution in [1.29, 1.82) is 0 Å². The SMILES string of the molecule is CCOc1ccc(CCNC(=O)CS)cc1F. The van der Waals surface area contributed by atoms with Crippen molar-refractivity contribution in [3.05, 3.63) is 29.6 Å². The van der Waals surface area contributed by atoms with Crippen molar-refractivity contribution in [1.82, 2.24) is 5.32 Å². The van der Waals surface area contributed by atoms with E-state index in [1.54, 1.807) is 19.1 Å².